The fourth-order valence-electron chi connectivity index (χ4n) is 3.11. The number of hydrogen-bond acceptors (Lipinski definition) is 2. The molecule has 1 aromatic carbocycles. The molecule has 0 aromatic heterocycles. The van der Waals surface area contributed by atoms with Crippen LogP contribution in [0.3, 0.4) is 0 Å². The molecule has 1 saturated carbocycles. The molecule has 2 atom stereocenters. The summed E-state index contributed by atoms with van der Waals surface area (Å²) in [6, 6.07) is 9.13. The normalized spacial score (nSPS) is 22.9. The Morgan fingerprint density at radius 3 is 2.85 bits per heavy atom. The average molecular weight is 292 g/mol. The third-order valence-electron chi connectivity index (χ3n) is 4.31. The number of rotatable bonds is 7. The second-order valence-electron chi connectivity index (χ2n) is 5.93. The van der Waals surface area contributed by atoms with E-state index in [0.717, 1.165) is 24.3 Å². The quantitative estimate of drug-likeness (QED) is 0.689. The highest BCUT2D eigenvalue weighted by Gasteiger charge is 2.24. The van der Waals surface area contributed by atoms with E-state index < -0.39 is 0 Å². The minimum absolute atomic E-state index is 0.840. The summed E-state index contributed by atoms with van der Waals surface area (Å²) in [6.45, 7) is 6.68. The Hall–Kier alpha value is -0.470. The maximum Gasteiger partial charge on any atom is 0.0205 e. The van der Waals surface area contributed by atoms with Crippen LogP contribution in [0.2, 0.25) is 0 Å². The zero-order valence-electron chi connectivity index (χ0n) is 13.0. The van der Waals surface area contributed by atoms with E-state index in [1.165, 1.54) is 49.0 Å². The van der Waals surface area contributed by atoms with Crippen molar-refractivity contribution in [3.63, 3.8) is 0 Å². The molecule has 0 spiro atoms. The molecule has 2 heteroatoms. The maximum absolute atomic E-state index is 3.49. The van der Waals surface area contributed by atoms with Gasteiger partial charge in [0.05, 0.1) is 0 Å². The molecule has 1 N–H and O–H groups in total. The number of thioether (sulfide) groups is 1. The molecule has 1 nitrogen and oxygen atoms in total. The molecular weight excluding hydrogens is 262 g/mol. The average Bonchev–Trinajstić information content (AvgIpc) is 2.48. The van der Waals surface area contributed by atoms with Gasteiger partial charge in [-0.15, -0.1) is 11.8 Å². The molecular formula is C18H29NS. The highest BCUT2D eigenvalue weighted by molar-refractivity contribution is 8.00. The van der Waals surface area contributed by atoms with E-state index in [9.17, 15) is 0 Å². The van der Waals surface area contributed by atoms with Crippen molar-refractivity contribution in [2.45, 2.75) is 69.1 Å². The summed E-state index contributed by atoms with van der Waals surface area (Å²) in [5.74, 6) is 0.927. The second-order valence-corrected chi connectivity index (χ2v) is 7.25. The summed E-state index contributed by atoms with van der Waals surface area (Å²) in [4.78, 5) is 1.46. The fraction of sp³-hybridized carbons (Fsp3) is 0.667. The van der Waals surface area contributed by atoms with Gasteiger partial charge >= 0.3 is 0 Å². The van der Waals surface area contributed by atoms with Crippen LogP contribution in [0.4, 0.5) is 0 Å². The Bertz CT molecular complexity index is 391. The smallest absolute Gasteiger partial charge is 0.0205 e. The fourth-order valence-corrected chi connectivity index (χ4v) is 4.64. The maximum atomic E-state index is 3.49. The van der Waals surface area contributed by atoms with E-state index >= 15 is 0 Å². The van der Waals surface area contributed by atoms with Crippen molar-refractivity contribution in [1.29, 1.82) is 0 Å². The molecule has 1 aliphatic rings. The van der Waals surface area contributed by atoms with Gasteiger partial charge in [-0.1, -0.05) is 45.2 Å². The summed E-state index contributed by atoms with van der Waals surface area (Å²) in [5, 5.41) is 4.33. The molecule has 0 radical (unpaired) electrons. The zero-order valence-corrected chi connectivity index (χ0v) is 13.8. The molecule has 0 saturated heterocycles. The minimum Gasteiger partial charge on any atom is -0.313 e. The Labute approximate surface area is 128 Å². The Balaban J connectivity index is 1.92. The van der Waals surface area contributed by atoms with Crippen molar-refractivity contribution in [1.82, 2.24) is 5.32 Å². The Morgan fingerprint density at radius 2 is 2.05 bits per heavy atom. The number of benzene rings is 1. The van der Waals surface area contributed by atoms with Gasteiger partial charge in [-0.2, -0.15) is 0 Å². The standard InChI is InChI=1S/C18H29NS/c1-3-12-19-14-15-8-7-10-17(13-15)20-18-11-6-5-9-16(18)4-2/h7-8,10,13,16,18-19H,3-6,9,11-12,14H2,1-2H3. The van der Waals surface area contributed by atoms with Crippen LogP contribution in [0, 0.1) is 5.92 Å². The monoisotopic (exact) mass is 291 g/mol. The number of hydrogen-bond donors (Lipinski definition) is 1. The van der Waals surface area contributed by atoms with Crippen LogP contribution in [0.1, 0.15) is 57.9 Å². The third-order valence-corrected chi connectivity index (χ3v) is 5.75. The lowest BCUT2D eigenvalue weighted by atomic mass is 9.87. The minimum atomic E-state index is 0.840. The van der Waals surface area contributed by atoms with Gasteiger partial charge in [0.1, 0.15) is 0 Å². The van der Waals surface area contributed by atoms with Crippen LogP contribution in [0.5, 0.6) is 0 Å². The first-order valence-electron chi connectivity index (χ1n) is 8.29. The summed E-state index contributed by atoms with van der Waals surface area (Å²) in [7, 11) is 0. The predicted octanol–water partition coefficient (Wildman–Crippen LogP) is 5.25. The van der Waals surface area contributed by atoms with Crippen LogP contribution in [-0.2, 0) is 6.54 Å². The first-order valence-corrected chi connectivity index (χ1v) is 9.17. The van der Waals surface area contributed by atoms with Crippen molar-refractivity contribution in [3.8, 4) is 0 Å². The first kappa shape index (κ1) is 15.9. The van der Waals surface area contributed by atoms with Gasteiger partial charge in [0, 0.05) is 16.7 Å². The molecule has 1 aromatic rings. The van der Waals surface area contributed by atoms with Gasteiger partial charge in [-0.25, -0.2) is 0 Å². The third kappa shape index (κ3) is 4.82. The highest BCUT2D eigenvalue weighted by atomic mass is 32.2. The molecule has 0 amide bonds. The van der Waals surface area contributed by atoms with Crippen molar-refractivity contribution in [2.75, 3.05) is 6.54 Å². The van der Waals surface area contributed by atoms with E-state index in [-0.39, 0.29) is 0 Å². The SMILES string of the molecule is CCCNCc1cccc(SC2CCCCC2CC)c1. The van der Waals surface area contributed by atoms with Crippen LogP contribution in [0.15, 0.2) is 29.2 Å². The lowest BCUT2D eigenvalue weighted by molar-refractivity contribution is 0.361. The van der Waals surface area contributed by atoms with Crippen LogP contribution in [-0.4, -0.2) is 11.8 Å². The molecule has 0 bridgehead atoms. The van der Waals surface area contributed by atoms with Gasteiger partial charge in [0.25, 0.3) is 0 Å². The molecule has 1 fully saturated rings. The second kappa shape index (κ2) is 8.74. The highest BCUT2D eigenvalue weighted by Crippen LogP contribution is 2.39. The number of nitrogens with one attached hydrogen (secondary N) is 1. The molecule has 2 unspecified atom stereocenters. The van der Waals surface area contributed by atoms with Crippen LogP contribution in [0.25, 0.3) is 0 Å². The summed E-state index contributed by atoms with van der Waals surface area (Å²) < 4.78 is 0. The molecule has 1 aliphatic carbocycles. The van der Waals surface area contributed by atoms with Crippen LogP contribution < -0.4 is 5.32 Å². The largest absolute Gasteiger partial charge is 0.313 e. The molecule has 112 valence electrons. The summed E-state index contributed by atoms with van der Waals surface area (Å²) in [6.07, 6.45) is 8.25. The molecule has 2 rings (SSSR count). The van der Waals surface area contributed by atoms with Gasteiger partial charge in [-0.05, 0) is 49.4 Å². The van der Waals surface area contributed by atoms with Gasteiger partial charge < -0.3 is 5.32 Å². The molecule has 0 aliphatic heterocycles. The van der Waals surface area contributed by atoms with Gasteiger partial charge in [0.15, 0.2) is 0 Å². The Kier molecular flexibility index (Phi) is 6.95. The van der Waals surface area contributed by atoms with E-state index in [1.54, 1.807) is 0 Å². The first-order chi connectivity index (χ1) is 9.83. The molecule has 0 heterocycles. The van der Waals surface area contributed by atoms with E-state index in [1.807, 2.05) is 0 Å². The lowest BCUT2D eigenvalue weighted by Crippen LogP contribution is -2.21. The van der Waals surface area contributed by atoms with Crippen molar-refractivity contribution < 1.29 is 0 Å². The lowest BCUT2D eigenvalue weighted by Gasteiger charge is -2.30. The van der Waals surface area contributed by atoms with Gasteiger partial charge in [-0.3, -0.25) is 0 Å². The van der Waals surface area contributed by atoms with Gasteiger partial charge in [0.2, 0.25) is 0 Å². The summed E-state index contributed by atoms with van der Waals surface area (Å²) >= 11 is 2.12. The predicted molar refractivity (Wildman–Crippen MR) is 90.3 cm³/mol. The van der Waals surface area contributed by atoms with Crippen molar-refractivity contribution in [2.24, 2.45) is 5.92 Å². The summed E-state index contributed by atoms with van der Waals surface area (Å²) in [5.41, 5.74) is 1.42. The zero-order chi connectivity index (χ0) is 14.2. The Morgan fingerprint density at radius 1 is 1.20 bits per heavy atom. The van der Waals surface area contributed by atoms with Crippen LogP contribution >= 0.6 is 11.8 Å². The van der Waals surface area contributed by atoms with Crippen molar-refractivity contribution >= 4 is 11.8 Å². The molecule has 20 heavy (non-hydrogen) atoms. The van der Waals surface area contributed by atoms with E-state index in [4.69, 9.17) is 0 Å². The van der Waals surface area contributed by atoms with Crippen molar-refractivity contribution in [3.05, 3.63) is 29.8 Å². The topological polar surface area (TPSA) is 12.0 Å². The van der Waals surface area contributed by atoms with E-state index in [2.05, 4.69) is 55.2 Å². The van der Waals surface area contributed by atoms with E-state index in [0.29, 0.717) is 0 Å².